The molecule has 25 heavy (non-hydrogen) atoms. The molecule has 9 heteroatoms. The van der Waals surface area contributed by atoms with Crippen LogP contribution in [-0.4, -0.2) is 38.7 Å². The Morgan fingerprint density at radius 2 is 2.16 bits per heavy atom. The van der Waals surface area contributed by atoms with E-state index >= 15 is 0 Å². The first-order valence-corrected chi connectivity index (χ1v) is 8.36. The molecule has 5 nitrogen and oxygen atoms in total. The van der Waals surface area contributed by atoms with Gasteiger partial charge < -0.3 is 10.4 Å². The van der Waals surface area contributed by atoms with Gasteiger partial charge in [-0.2, -0.15) is 18.3 Å². The van der Waals surface area contributed by atoms with Crippen LogP contribution in [0.3, 0.4) is 0 Å². The molecule has 2 atom stereocenters. The molecule has 0 unspecified atom stereocenters. The van der Waals surface area contributed by atoms with E-state index in [9.17, 15) is 18.3 Å². The first-order valence-electron chi connectivity index (χ1n) is 7.98. The van der Waals surface area contributed by atoms with E-state index in [0.29, 0.717) is 29.4 Å². The molecule has 0 aromatic carbocycles. The first kappa shape index (κ1) is 18.0. The van der Waals surface area contributed by atoms with E-state index in [0.717, 1.165) is 23.9 Å². The summed E-state index contributed by atoms with van der Waals surface area (Å²) in [6.07, 6.45) is 0.655. The number of anilines is 1. The third-order valence-electron chi connectivity index (χ3n) is 4.22. The number of alkyl halides is 3. The lowest BCUT2D eigenvalue weighted by molar-refractivity contribution is -0.142. The van der Waals surface area contributed by atoms with E-state index in [1.165, 1.54) is 18.5 Å². The zero-order valence-corrected chi connectivity index (χ0v) is 14.1. The summed E-state index contributed by atoms with van der Waals surface area (Å²) in [5, 5.41) is 17.1. The van der Waals surface area contributed by atoms with Gasteiger partial charge >= 0.3 is 6.18 Å². The van der Waals surface area contributed by atoms with Crippen LogP contribution in [0.25, 0.3) is 11.3 Å². The second kappa shape index (κ2) is 7.21. The van der Waals surface area contributed by atoms with Crippen LogP contribution in [0.1, 0.15) is 19.3 Å². The Bertz CT molecular complexity index is 734. The summed E-state index contributed by atoms with van der Waals surface area (Å²) in [7, 11) is 0. The molecule has 1 aliphatic rings. The van der Waals surface area contributed by atoms with Crippen molar-refractivity contribution in [1.29, 1.82) is 0 Å². The number of hydrogen-bond donors (Lipinski definition) is 2. The van der Waals surface area contributed by atoms with Crippen LogP contribution in [0, 0.1) is 5.92 Å². The van der Waals surface area contributed by atoms with Crippen molar-refractivity contribution in [3.8, 4) is 11.3 Å². The fraction of sp³-hybridized carbons (Fsp3) is 0.500. The molecule has 0 bridgehead atoms. The van der Waals surface area contributed by atoms with E-state index in [1.54, 1.807) is 6.07 Å². The Morgan fingerprint density at radius 3 is 2.84 bits per heavy atom. The third kappa shape index (κ3) is 4.85. The minimum absolute atomic E-state index is 0.259. The highest BCUT2D eigenvalue weighted by molar-refractivity contribution is 6.29. The molecule has 1 saturated carbocycles. The molecule has 2 N–H and O–H groups in total. The van der Waals surface area contributed by atoms with Crippen molar-refractivity contribution in [2.75, 3.05) is 11.9 Å². The van der Waals surface area contributed by atoms with Crippen molar-refractivity contribution in [2.45, 2.75) is 38.1 Å². The fourth-order valence-corrected chi connectivity index (χ4v) is 3.20. The highest BCUT2D eigenvalue weighted by Gasteiger charge is 2.28. The third-order valence-corrected chi connectivity index (χ3v) is 4.43. The molecule has 3 rings (SSSR count). The Kier molecular flexibility index (Phi) is 5.19. The van der Waals surface area contributed by atoms with Gasteiger partial charge in [0, 0.05) is 30.2 Å². The van der Waals surface area contributed by atoms with Crippen LogP contribution < -0.4 is 5.32 Å². The smallest absolute Gasteiger partial charge is 0.393 e. The Morgan fingerprint density at radius 1 is 1.36 bits per heavy atom. The summed E-state index contributed by atoms with van der Waals surface area (Å²) in [6, 6.07) is 3.15. The molecular weight excluding hydrogens is 357 g/mol. The standard InChI is InChI=1S/C16H18ClF3N4O/c17-15-6-14(21-7-10-1-2-11(25)5-10)12(8-22-15)13-3-4-24(23-13)9-16(18,19)20/h3-4,6,8,10-11,25H,1-2,5,7,9H2,(H,21,22)/t10-,11+/m0/s1. The highest BCUT2D eigenvalue weighted by Crippen LogP contribution is 2.31. The largest absolute Gasteiger partial charge is 0.408 e. The summed E-state index contributed by atoms with van der Waals surface area (Å²) in [6.45, 7) is -0.496. The van der Waals surface area contributed by atoms with Gasteiger partial charge in [-0.1, -0.05) is 11.6 Å². The number of pyridine rings is 1. The summed E-state index contributed by atoms with van der Waals surface area (Å²) in [5.74, 6) is 0.345. The SMILES string of the molecule is O[C@@H]1CC[C@H](CNc2cc(Cl)ncc2-c2ccn(CC(F)(F)F)n2)C1. The number of hydrogen-bond acceptors (Lipinski definition) is 4. The Balaban J connectivity index is 1.77. The average molecular weight is 375 g/mol. The second-order valence-corrected chi connectivity index (χ2v) is 6.67. The molecule has 2 aromatic rings. The van der Waals surface area contributed by atoms with Gasteiger partial charge in [0.2, 0.25) is 0 Å². The molecule has 0 amide bonds. The summed E-state index contributed by atoms with van der Waals surface area (Å²) < 4.78 is 38.3. The molecule has 0 spiro atoms. The molecule has 1 fully saturated rings. The number of aliphatic hydroxyl groups is 1. The quantitative estimate of drug-likeness (QED) is 0.783. The molecule has 0 saturated heterocycles. The van der Waals surface area contributed by atoms with Crippen molar-refractivity contribution in [3.05, 3.63) is 29.7 Å². The van der Waals surface area contributed by atoms with Crippen molar-refractivity contribution in [2.24, 2.45) is 5.92 Å². The van der Waals surface area contributed by atoms with Gasteiger partial charge in [0.1, 0.15) is 11.7 Å². The Labute approximate surface area is 147 Å². The summed E-state index contributed by atoms with van der Waals surface area (Å²) in [5.41, 5.74) is 1.64. The molecular formula is C16H18ClF3N4O. The van der Waals surface area contributed by atoms with E-state index < -0.39 is 12.7 Å². The van der Waals surface area contributed by atoms with Gasteiger partial charge in [0.05, 0.1) is 11.8 Å². The number of aliphatic hydroxyl groups excluding tert-OH is 1. The topological polar surface area (TPSA) is 63.0 Å². The zero-order chi connectivity index (χ0) is 18.0. The Hall–Kier alpha value is -1.80. The maximum atomic E-state index is 12.5. The van der Waals surface area contributed by atoms with Gasteiger partial charge in [-0.05, 0) is 37.3 Å². The van der Waals surface area contributed by atoms with Crippen LogP contribution in [0.4, 0.5) is 18.9 Å². The highest BCUT2D eigenvalue weighted by atomic mass is 35.5. The van der Waals surface area contributed by atoms with E-state index in [-0.39, 0.29) is 11.3 Å². The van der Waals surface area contributed by atoms with Crippen molar-refractivity contribution >= 4 is 17.3 Å². The van der Waals surface area contributed by atoms with Crippen LogP contribution in [-0.2, 0) is 6.54 Å². The van der Waals surface area contributed by atoms with Crippen molar-refractivity contribution < 1.29 is 18.3 Å². The van der Waals surface area contributed by atoms with Crippen LogP contribution in [0.2, 0.25) is 5.15 Å². The summed E-state index contributed by atoms with van der Waals surface area (Å²) in [4.78, 5) is 4.01. The number of nitrogens with zero attached hydrogens (tertiary/aromatic N) is 3. The lowest BCUT2D eigenvalue weighted by Crippen LogP contribution is -2.18. The molecule has 0 radical (unpaired) electrons. The monoisotopic (exact) mass is 374 g/mol. The van der Waals surface area contributed by atoms with Crippen molar-refractivity contribution in [1.82, 2.24) is 14.8 Å². The predicted octanol–water partition coefficient (Wildman–Crippen LogP) is 3.73. The molecule has 1 aliphatic carbocycles. The molecule has 0 aliphatic heterocycles. The number of aromatic nitrogens is 3. The van der Waals surface area contributed by atoms with Gasteiger partial charge in [-0.3, -0.25) is 4.68 Å². The fourth-order valence-electron chi connectivity index (χ4n) is 3.05. The maximum Gasteiger partial charge on any atom is 0.408 e. The first-order chi connectivity index (χ1) is 11.8. The molecule has 136 valence electrons. The zero-order valence-electron chi connectivity index (χ0n) is 13.3. The minimum Gasteiger partial charge on any atom is -0.393 e. The minimum atomic E-state index is -4.33. The van der Waals surface area contributed by atoms with E-state index in [4.69, 9.17) is 11.6 Å². The normalized spacial score (nSPS) is 20.8. The lowest BCUT2D eigenvalue weighted by atomic mass is 10.1. The average Bonchev–Trinajstić information content (AvgIpc) is 3.13. The number of halogens is 4. The van der Waals surface area contributed by atoms with E-state index in [2.05, 4.69) is 15.4 Å². The summed E-state index contributed by atoms with van der Waals surface area (Å²) >= 11 is 5.95. The van der Waals surface area contributed by atoms with Crippen LogP contribution >= 0.6 is 11.6 Å². The van der Waals surface area contributed by atoms with Crippen LogP contribution in [0.5, 0.6) is 0 Å². The van der Waals surface area contributed by atoms with Gasteiger partial charge in [0.25, 0.3) is 0 Å². The van der Waals surface area contributed by atoms with Gasteiger partial charge in [0.15, 0.2) is 0 Å². The number of rotatable bonds is 5. The maximum absolute atomic E-state index is 12.5. The lowest BCUT2D eigenvalue weighted by Gasteiger charge is -2.15. The van der Waals surface area contributed by atoms with Gasteiger partial charge in [-0.25, -0.2) is 4.98 Å². The molecule has 2 heterocycles. The second-order valence-electron chi connectivity index (χ2n) is 6.28. The van der Waals surface area contributed by atoms with Crippen molar-refractivity contribution in [3.63, 3.8) is 0 Å². The molecule has 2 aromatic heterocycles. The van der Waals surface area contributed by atoms with E-state index in [1.807, 2.05) is 0 Å². The predicted molar refractivity (Wildman–Crippen MR) is 88.4 cm³/mol. The van der Waals surface area contributed by atoms with Crippen LogP contribution in [0.15, 0.2) is 24.5 Å². The van der Waals surface area contributed by atoms with Gasteiger partial charge in [-0.15, -0.1) is 0 Å². The number of nitrogens with one attached hydrogen (secondary N) is 1.